The maximum atomic E-state index is 12.2. The van der Waals surface area contributed by atoms with Crippen LogP contribution in [0.25, 0.3) is 0 Å². The summed E-state index contributed by atoms with van der Waals surface area (Å²) in [6.45, 7) is -0.473. The Hall–Kier alpha value is -2.12. The molecule has 0 saturated carbocycles. The summed E-state index contributed by atoms with van der Waals surface area (Å²) < 4.78 is 104. The largest absolute Gasteiger partial charge is 0.479 e. The van der Waals surface area contributed by atoms with E-state index in [1.54, 1.807) is 0 Å². The fourth-order valence-electron chi connectivity index (χ4n) is 4.90. The number of terminal acetylenes is 1. The summed E-state index contributed by atoms with van der Waals surface area (Å²) in [6.07, 6.45) is -12.4. The minimum Gasteiger partial charge on any atom is -0.479 e. The van der Waals surface area contributed by atoms with Crippen LogP contribution in [0.1, 0.15) is 13.3 Å². The predicted molar refractivity (Wildman–Crippen MR) is 144 cm³/mol. The minimum absolute atomic E-state index is 0.230. The number of nitrogens with zero attached hydrogens (tertiary/aromatic N) is 1. The van der Waals surface area contributed by atoms with Crippen LogP contribution in [0.3, 0.4) is 0 Å². The van der Waals surface area contributed by atoms with E-state index in [9.17, 15) is 42.1 Å². The average molecular weight is 710 g/mol. The van der Waals surface area contributed by atoms with E-state index in [1.807, 2.05) is 0 Å². The Balaban J connectivity index is 1.75. The maximum absolute atomic E-state index is 12.2. The highest BCUT2D eigenvalue weighted by Gasteiger charge is 2.52. The maximum Gasteiger partial charge on any atom is 0.397 e. The van der Waals surface area contributed by atoms with E-state index in [1.165, 1.54) is 14.0 Å². The van der Waals surface area contributed by atoms with Crippen molar-refractivity contribution in [2.24, 2.45) is 11.1 Å². The quantitative estimate of drug-likeness (QED) is 0.0315. The smallest absolute Gasteiger partial charge is 0.397 e. The van der Waals surface area contributed by atoms with Gasteiger partial charge in [0, 0.05) is 19.4 Å². The number of ether oxygens (including phenoxy) is 6. The van der Waals surface area contributed by atoms with Gasteiger partial charge in [-0.2, -0.15) is 16.8 Å². The van der Waals surface area contributed by atoms with Gasteiger partial charge in [-0.1, -0.05) is 18.0 Å². The number of methoxy groups -OCH3 is 1. The van der Waals surface area contributed by atoms with Gasteiger partial charge in [0.15, 0.2) is 25.3 Å². The number of aliphatic hydroxyl groups is 3. The van der Waals surface area contributed by atoms with Crippen molar-refractivity contribution in [2.75, 3.05) is 26.9 Å². The highest BCUT2D eigenvalue weighted by molar-refractivity contribution is 7.81. The molecule has 0 radical (unpaired) electrons. The van der Waals surface area contributed by atoms with Gasteiger partial charge in [0.05, 0.1) is 25.5 Å². The molecule has 5 unspecified atom stereocenters. The minimum atomic E-state index is -4.97. The molecule has 0 aliphatic carbocycles. The lowest BCUT2D eigenvalue weighted by Crippen LogP contribution is -2.60. The molecule has 0 bridgehead atoms. The number of hydrogen-bond acceptors (Lipinski definition) is 18. The van der Waals surface area contributed by atoms with E-state index in [0.29, 0.717) is 0 Å². The number of aliphatic hydroxyl groups excluding tert-OH is 3. The first kappa shape index (κ1) is 38.3. The molecular formula is C23H35NO20S2. The first-order valence-corrected chi connectivity index (χ1v) is 16.1. The Bertz CT molecular complexity index is 1300. The lowest BCUT2D eigenvalue weighted by Gasteiger charge is -2.45. The number of oxime groups is 1. The topological polar surface area (TPSA) is 302 Å². The first-order chi connectivity index (χ1) is 21.5. The number of carboxylic acid groups (broad SMARTS) is 1. The van der Waals surface area contributed by atoms with E-state index in [4.69, 9.17) is 48.8 Å². The zero-order valence-electron chi connectivity index (χ0n) is 24.2. The van der Waals surface area contributed by atoms with Crippen LogP contribution in [-0.2, 0) is 67.2 Å². The SMILES string of the molecule is C#CCO/N=C\[C@@H]1O[C@H](COS(=O)(=O)O)C(O[C@@H]2OC(C(=O)O)[C@@H](O[C@@H]3OC(COS(=O)(=O)O)[C@@H](OC)[C@H](O)C3C)CC2O)[C@@H]1O. The van der Waals surface area contributed by atoms with Crippen LogP contribution >= 0.6 is 0 Å². The number of carbonyl (C=O) groups is 1. The second-order valence-electron chi connectivity index (χ2n) is 10.2. The average Bonchev–Trinajstić information content (AvgIpc) is 3.25. The molecule has 0 aromatic rings. The lowest BCUT2D eigenvalue weighted by molar-refractivity contribution is -0.334. The van der Waals surface area contributed by atoms with Crippen molar-refractivity contribution >= 4 is 33.0 Å². The molecule has 13 atom stereocenters. The van der Waals surface area contributed by atoms with E-state index in [0.717, 1.165) is 6.21 Å². The van der Waals surface area contributed by atoms with Crippen molar-refractivity contribution in [3.63, 3.8) is 0 Å². The van der Waals surface area contributed by atoms with Gasteiger partial charge >= 0.3 is 26.8 Å². The molecule has 3 rings (SSSR count). The molecule has 46 heavy (non-hydrogen) atoms. The molecule has 0 amide bonds. The van der Waals surface area contributed by atoms with Gasteiger partial charge in [-0.3, -0.25) is 9.11 Å². The molecule has 0 spiro atoms. The van der Waals surface area contributed by atoms with Crippen molar-refractivity contribution in [1.29, 1.82) is 0 Å². The summed E-state index contributed by atoms with van der Waals surface area (Å²) in [4.78, 5) is 16.9. The van der Waals surface area contributed by atoms with Gasteiger partial charge in [0.1, 0.15) is 48.8 Å². The third kappa shape index (κ3) is 10.4. The van der Waals surface area contributed by atoms with Gasteiger partial charge in [-0.15, -0.1) is 6.42 Å². The summed E-state index contributed by atoms with van der Waals surface area (Å²) in [5.74, 6) is -0.370. The Kier molecular flexibility index (Phi) is 13.6. The van der Waals surface area contributed by atoms with Gasteiger partial charge in [0.2, 0.25) is 0 Å². The molecule has 264 valence electrons. The van der Waals surface area contributed by atoms with Crippen LogP contribution in [0.4, 0.5) is 0 Å². The number of aliphatic carboxylic acids is 1. The number of hydrogen-bond donors (Lipinski definition) is 6. The molecule has 3 saturated heterocycles. The van der Waals surface area contributed by atoms with E-state index in [2.05, 4.69) is 19.4 Å². The Morgan fingerprint density at radius 1 is 0.957 bits per heavy atom. The van der Waals surface area contributed by atoms with Crippen molar-refractivity contribution in [1.82, 2.24) is 0 Å². The molecular weight excluding hydrogens is 674 g/mol. The summed E-state index contributed by atoms with van der Waals surface area (Å²) in [7, 11) is -8.67. The third-order valence-electron chi connectivity index (χ3n) is 7.07. The fraction of sp³-hybridized carbons (Fsp3) is 0.826. The van der Waals surface area contributed by atoms with Gasteiger partial charge in [-0.05, 0) is 0 Å². The zero-order valence-corrected chi connectivity index (χ0v) is 25.8. The highest BCUT2D eigenvalue weighted by Crippen LogP contribution is 2.34. The second-order valence-corrected chi connectivity index (χ2v) is 12.4. The molecule has 23 heteroatoms. The van der Waals surface area contributed by atoms with Crippen molar-refractivity contribution in [3.05, 3.63) is 0 Å². The van der Waals surface area contributed by atoms with Crippen LogP contribution in [-0.4, -0.2) is 159 Å². The van der Waals surface area contributed by atoms with E-state index >= 15 is 0 Å². The predicted octanol–water partition coefficient (Wildman–Crippen LogP) is -3.54. The van der Waals surface area contributed by atoms with Crippen LogP contribution in [0.5, 0.6) is 0 Å². The standard InChI is InChI=1S/C23H35NO20S2/c1-4-5-37-24-7-13-17(27)19(15(40-13)9-39-46(33,34)35)43-23-11(25)6-12(20(44-23)21(28)29)41-22-10(2)16(26)18(36-3)14(42-22)8-38-45(30,31)32/h1,7,10-20,22-23,25-27H,5-6,8-9H2,2-3H3,(H,28,29)(H,30,31,32)(H,33,34,35)/b24-7-/t10?,11?,12-,13-,14?,15+,16+,17+,18+,19?,20?,22+,23+/m0/s1. The van der Waals surface area contributed by atoms with Crippen molar-refractivity contribution in [3.8, 4) is 12.3 Å². The van der Waals surface area contributed by atoms with Crippen molar-refractivity contribution in [2.45, 2.75) is 87.0 Å². The van der Waals surface area contributed by atoms with Crippen LogP contribution in [0.2, 0.25) is 0 Å². The monoisotopic (exact) mass is 709 g/mol. The Morgan fingerprint density at radius 2 is 1.57 bits per heavy atom. The molecule has 0 aromatic carbocycles. The normalized spacial score (nSPS) is 38.9. The van der Waals surface area contributed by atoms with Crippen LogP contribution in [0.15, 0.2) is 5.16 Å². The zero-order chi connectivity index (χ0) is 34.4. The molecule has 3 aliphatic heterocycles. The third-order valence-corrected chi connectivity index (χ3v) is 7.93. The summed E-state index contributed by atoms with van der Waals surface area (Å²) >= 11 is 0. The van der Waals surface area contributed by atoms with Gasteiger partial charge in [-0.25, -0.2) is 13.2 Å². The lowest BCUT2D eigenvalue weighted by atomic mass is 9.92. The number of rotatable bonds is 15. The first-order valence-electron chi connectivity index (χ1n) is 13.3. The summed E-state index contributed by atoms with van der Waals surface area (Å²) in [5.41, 5.74) is 0. The van der Waals surface area contributed by atoms with E-state index in [-0.39, 0.29) is 6.61 Å². The molecule has 3 fully saturated rings. The number of carboxylic acids is 1. The van der Waals surface area contributed by atoms with Gasteiger partial charge in [0.25, 0.3) is 0 Å². The Morgan fingerprint density at radius 3 is 2.11 bits per heavy atom. The fourth-order valence-corrected chi connectivity index (χ4v) is 5.51. The van der Waals surface area contributed by atoms with Crippen LogP contribution < -0.4 is 0 Å². The molecule has 3 heterocycles. The van der Waals surface area contributed by atoms with Crippen LogP contribution in [0, 0.1) is 18.3 Å². The van der Waals surface area contributed by atoms with E-state index < -0.39 is 126 Å². The Labute approximate surface area is 263 Å². The molecule has 3 aliphatic rings. The highest BCUT2D eigenvalue weighted by atomic mass is 32.3. The molecule has 21 nitrogen and oxygen atoms in total. The van der Waals surface area contributed by atoms with Gasteiger partial charge < -0.3 is 53.7 Å². The van der Waals surface area contributed by atoms with Crippen molar-refractivity contribution < 1.29 is 92.8 Å². The second kappa shape index (κ2) is 16.3. The molecule has 6 N–H and O–H groups in total. The summed E-state index contributed by atoms with van der Waals surface area (Å²) in [5, 5.41) is 45.7. The summed E-state index contributed by atoms with van der Waals surface area (Å²) in [6, 6.07) is 0. The molecule has 0 aromatic heterocycles.